The minimum Gasteiger partial charge on any atom is -0.440 e. The lowest BCUT2D eigenvalue weighted by Crippen LogP contribution is -2.47. The van der Waals surface area contributed by atoms with E-state index in [-0.39, 0.29) is 28.8 Å². The van der Waals surface area contributed by atoms with Crippen molar-refractivity contribution in [1.82, 2.24) is 10.3 Å². The molecule has 6 nitrogen and oxygen atoms in total. The van der Waals surface area contributed by atoms with Crippen LogP contribution < -0.4 is 11.1 Å². The number of benzene rings is 1. The van der Waals surface area contributed by atoms with Crippen LogP contribution in [0.15, 0.2) is 28.7 Å². The van der Waals surface area contributed by atoms with Crippen LogP contribution in [-0.2, 0) is 4.79 Å². The van der Waals surface area contributed by atoms with Crippen LogP contribution in [0.3, 0.4) is 0 Å². The summed E-state index contributed by atoms with van der Waals surface area (Å²) in [4.78, 5) is 27.7. The van der Waals surface area contributed by atoms with E-state index in [0.29, 0.717) is 0 Å². The summed E-state index contributed by atoms with van der Waals surface area (Å²) < 4.78 is 19.2. The lowest BCUT2D eigenvalue weighted by Gasteiger charge is -2.18. The van der Waals surface area contributed by atoms with Crippen molar-refractivity contribution in [3.05, 3.63) is 41.5 Å². The van der Waals surface area contributed by atoms with E-state index >= 15 is 0 Å². The van der Waals surface area contributed by atoms with E-state index in [9.17, 15) is 14.0 Å². The van der Waals surface area contributed by atoms with Gasteiger partial charge in [0.2, 0.25) is 11.8 Å². The van der Waals surface area contributed by atoms with Gasteiger partial charge in [0.05, 0.1) is 5.56 Å². The summed E-state index contributed by atoms with van der Waals surface area (Å²) in [5.74, 6) is -1.67. The fourth-order valence-electron chi connectivity index (χ4n) is 2.13. The first-order chi connectivity index (χ1) is 10.8. The molecule has 2 rings (SSSR count). The predicted octanol–water partition coefficient (Wildman–Crippen LogP) is 2.03. The van der Waals surface area contributed by atoms with E-state index in [1.54, 1.807) is 32.9 Å². The first-order valence-electron chi connectivity index (χ1n) is 7.13. The lowest BCUT2D eigenvalue weighted by atomic mass is 10.0. The zero-order chi connectivity index (χ0) is 17.1. The smallest absolute Gasteiger partial charge is 0.274 e. The largest absolute Gasteiger partial charge is 0.440 e. The molecule has 0 unspecified atom stereocenters. The maximum Gasteiger partial charge on any atom is 0.274 e. The molecule has 0 aliphatic heterocycles. The molecule has 2 amide bonds. The molecule has 0 fully saturated rings. The highest BCUT2D eigenvalue weighted by Gasteiger charge is 2.26. The topological polar surface area (TPSA) is 98.2 Å². The molecule has 0 spiro atoms. The van der Waals surface area contributed by atoms with Crippen LogP contribution in [-0.4, -0.2) is 22.8 Å². The zero-order valence-corrected chi connectivity index (χ0v) is 13.1. The first-order valence-corrected chi connectivity index (χ1v) is 7.13. The van der Waals surface area contributed by atoms with Crippen molar-refractivity contribution in [3.8, 4) is 11.5 Å². The van der Waals surface area contributed by atoms with E-state index in [0.717, 1.165) is 0 Å². The number of hydrogen-bond donors (Lipinski definition) is 2. The number of hydrogen-bond acceptors (Lipinski definition) is 4. The molecule has 1 aromatic heterocycles. The number of amides is 2. The number of nitrogens with two attached hydrogens (primary N) is 1. The monoisotopic (exact) mass is 319 g/mol. The quantitative estimate of drug-likeness (QED) is 0.881. The zero-order valence-electron chi connectivity index (χ0n) is 13.1. The molecule has 1 aromatic carbocycles. The van der Waals surface area contributed by atoms with E-state index in [4.69, 9.17) is 10.2 Å². The van der Waals surface area contributed by atoms with Gasteiger partial charge in [0, 0.05) is 0 Å². The highest BCUT2D eigenvalue weighted by Crippen LogP contribution is 2.24. The van der Waals surface area contributed by atoms with Crippen LogP contribution in [0.4, 0.5) is 4.39 Å². The van der Waals surface area contributed by atoms with E-state index in [2.05, 4.69) is 10.3 Å². The molecule has 2 aromatic rings. The molecule has 0 bridgehead atoms. The number of nitrogens with zero attached hydrogens (tertiary/aromatic N) is 1. The summed E-state index contributed by atoms with van der Waals surface area (Å²) in [5, 5.41) is 2.52. The third-order valence-corrected chi connectivity index (χ3v) is 3.38. The number of carbonyl (C=O) groups excluding carboxylic acids is 2. The Balaban J connectivity index is 2.29. The van der Waals surface area contributed by atoms with Crippen molar-refractivity contribution in [2.75, 3.05) is 0 Å². The Morgan fingerprint density at radius 1 is 1.30 bits per heavy atom. The molecule has 0 radical (unpaired) electrons. The van der Waals surface area contributed by atoms with Gasteiger partial charge in [0.1, 0.15) is 17.6 Å². The van der Waals surface area contributed by atoms with Crippen LogP contribution in [0.2, 0.25) is 0 Å². The summed E-state index contributed by atoms with van der Waals surface area (Å²) in [5.41, 5.74) is 5.42. The molecule has 0 saturated carbocycles. The molecule has 3 N–H and O–H groups in total. The number of aromatic nitrogens is 1. The van der Waals surface area contributed by atoms with Crippen molar-refractivity contribution in [2.24, 2.45) is 11.7 Å². The van der Waals surface area contributed by atoms with Gasteiger partial charge in [-0.2, -0.15) is 0 Å². The molecule has 0 aliphatic carbocycles. The Kier molecular flexibility index (Phi) is 4.78. The van der Waals surface area contributed by atoms with Gasteiger partial charge in [-0.1, -0.05) is 26.0 Å². The SMILES string of the molecule is Cc1oc(-c2ccccc2F)nc1C(=O)N[C@@H](C(N)=O)C(C)C. The fourth-order valence-corrected chi connectivity index (χ4v) is 2.13. The Hall–Kier alpha value is -2.70. The van der Waals surface area contributed by atoms with Crippen LogP contribution >= 0.6 is 0 Å². The Morgan fingerprint density at radius 2 is 1.96 bits per heavy atom. The number of rotatable bonds is 5. The summed E-state index contributed by atoms with van der Waals surface area (Å²) >= 11 is 0. The van der Waals surface area contributed by atoms with Gasteiger partial charge in [0.15, 0.2) is 5.69 Å². The second-order valence-electron chi connectivity index (χ2n) is 5.50. The molecule has 1 heterocycles. The standard InChI is InChI=1S/C16H18FN3O3/c1-8(2)12(14(18)21)19-15(22)13-9(3)23-16(20-13)10-6-4-5-7-11(10)17/h4-8,12H,1-3H3,(H2,18,21)(H,19,22)/t12-/m1/s1. The number of carbonyl (C=O) groups is 2. The molecular weight excluding hydrogens is 301 g/mol. The van der Waals surface area contributed by atoms with Crippen LogP contribution in [0, 0.1) is 18.7 Å². The highest BCUT2D eigenvalue weighted by atomic mass is 19.1. The van der Waals surface area contributed by atoms with Crippen molar-refractivity contribution in [1.29, 1.82) is 0 Å². The number of primary amides is 1. The number of aryl methyl sites for hydroxylation is 1. The molecule has 122 valence electrons. The average molecular weight is 319 g/mol. The van der Waals surface area contributed by atoms with Crippen molar-refractivity contribution in [3.63, 3.8) is 0 Å². The number of nitrogens with one attached hydrogen (secondary N) is 1. The van der Waals surface area contributed by atoms with Gasteiger partial charge in [-0.15, -0.1) is 0 Å². The lowest BCUT2D eigenvalue weighted by molar-refractivity contribution is -0.120. The fraction of sp³-hybridized carbons (Fsp3) is 0.312. The second kappa shape index (κ2) is 6.60. The van der Waals surface area contributed by atoms with Gasteiger partial charge in [-0.05, 0) is 25.0 Å². The second-order valence-corrected chi connectivity index (χ2v) is 5.50. The summed E-state index contributed by atoms with van der Waals surface area (Å²) in [6.07, 6.45) is 0. The van der Waals surface area contributed by atoms with E-state index in [1.165, 1.54) is 12.1 Å². The Labute approximate surface area is 132 Å². The highest BCUT2D eigenvalue weighted by molar-refractivity contribution is 5.97. The third-order valence-electron chi connectivity index (χ3n) is 3.38. The van der Waals surface area contributed by atoms with Crippen LogP contribution in [0.1, 0.15) is 30.1 Å². The molecule has 23 heavy (non-hydrogen) atoms. The third kappa shape index (κ3) is 3.56. The van der Waals surface area contributed by atoms with Gasteiger partial charge in [-0.3, -0.25) is 9.59 Å². The van der Waals surface area contributed by atoms with Crippen LogP contribution in [0.5, 0.6) is 0 Å². The normalized spacial score (nSPS) is 12.2. The average Bonchev–Trinajstić information content (AvgIpc) is 2.86. The summed E-state index contributed by atoms with van der Waals surface area (Å²) in [6, 6.07) is 5.14. The van der Waals surface area contributed by atoms with Gasteiger partial charge in [-0.25, -0.2) is 9.37 Å². The summed E-state index contributed by atoms with van der Waals surface area (Å²) in [7, 11) is 0. The predicted molar refractivity (Wildman–Crippen MR) is 81.9 cm³/mol. The molecule has 0 aliphatic rings. The first kappa shape index (κ1) is 16.7. The molecule has 0 saturated heterocycles. The Bertz CT molecular complexity index is 740. The minimum absolute atomic E-state index is 0.00449. The van der Waals surface area contributed by atoms with Crippen molar-refractivity contribution < 1.29 is 18.4 Å². The van der Waals surface area contributed by atoms with Gasteiger partial charge < -0.3 is 15.5 Å². The number of halogens is 1. The summed E-state index contributed by atoms with van der Waals surface area (Å²) in [6.45, 7) is 5.06. The van der Waals surface area contributed by atoms with Gasteiger partial charge in [0.25, 0.3) is 5.91 Å². The van der Waals surface area contributed by atoms with Crippen LogP contribution in [0.25, 0.3) is 11.5 Å². The van der Waals surface area contributed by atoms with E-state index < -0.39 is 23.7 Å². The van der Waals surface area contributed by atoms with Crippen molar-refractivity contribution in [2.45, 2.75) is 26.8 Å². The number of oxazole rings is 1. The maximum absolute atomic E-state index is 13.8. The minimum atomic E-state index is -0.824. The maximum atomic E-state index is 13.8. The molecule has 7 heteroatoms. The molecular formula is C16H18FN3O3. The van der Waals surface area contributed by atoms with Gasteiger partial charge >= 0.3 is 0 Å². The Morgan fingerprint density at radius 3 is 2.52 bits per heavy atom. The van der Waals surface area contributed by atoms with Crippen molar-refractivity contribution >= 4 is 11.8 Å². The van der Waals surface area contributed by atoms with E-state index in [1.807, 2.05) is 0 Å². The molecule has 1 atom stereocenters.